The van der Waals surface area contributed by atoms with E-state index in [-0.39, 0.29) is 0 Å². The highest BCUT2D eigenvalue weighted by molar-refractivity contribution is 5.28. The van der Waals surface area contributed by atoms with Gasteiger partial charge in [-0.1, -0.05) is 0 Å². The van der Waals surface area contributed by atoms with E-state index in [1.807, 2.05) is 0 Å². The lowest BCUT2D eigenvalue weighted by molar-refractivity contribution is -0.137. The lowest BCUT2D eigenvalue weighted by Gasteiger charge is -2.08. The average molecular weight is 270 g/mol. The third-order valence-electron chi connectivity index (χ3n) is 2.60. The minimum absolute atomic E-state index is 0.442. The van der Waals surface area contributed by atoms with Crippen LogP contribution in [0.4, 0.5) is 13.2 Å². The number of aromatic amines is 1. The number of nitrogens with zero attached hydrogens (tertiary/aromatic N) is 1. The number of benzene rings is 1. The Balaban J connectivity index is 1.77. The molecule has 3 nitrogen and oxygen atoms in total. The number of aryl methyl sites for hydroxylation is 1. The summed E-state index contributed by atoms with van der Waals surface area (Å²) in [6, 6.07) is 4.70. The zero-order valence-electron chi connectivity index (χ0n) is 10.1. The summed E-state index contributed by atoms with van der Waals surface area (Å²) in [5, 5.41) is 0. The number of H-pyrrole nitrogens is 1. The lowest BCUT2D eigenvalue weighted by atomic mass is 10.2. The van der Waals surface area contributed by atoms with E-state index < -0.39 is 11.7 Å². The van der Waals surface area contributed by atoms with Crippen molar-refractivity contribution < 1.29 is 17.9 Å². The fourth-order valence-corrected chi connectivity index (χ4v) is 1.61. The monoisotopic (exact) mass is 270 g/mol. The summed E-state index contributed by atoms with van der Waals surface area (Å²) < 4.78 is 42.4. The highest BCUT2D eigenvalue weighted by atomic mass is 19.4. The molecule has 0 saturated heterocycles. The molecule has 6 heteroatoms. The average Bonchev–Trinajstić information content (AvgIpc) is 2.87. The van der Waals surface area contributed by atoms with E-state index in [0.29, 0.717) is 12.4 Å². The van der Waals surface area contributed by atoms with Crippen LogP contribution in [0, 0.1) is 0 Å². The molecule has 1 N–H and O–H groups in total. The Hall–Kier alpha value is -1.98. The summed E-state index contributed by atoms with van der Waals surface area (Å²) in [5.74, 6) is 0.442. The van der Waals surface area contributed by atoms with Crippen molar-refractivity contribution in [1.29, 1.82) is 0 Å². The van der Waals surface area contributed by atoms with Crippen LogP contribution in [0.1, 0.15) is 17.7 Å². The van der Waals surface area contributed by atoms with Crippen molar-refractivity contribution in [2.45, 2.75) is 19.0 Å². The van der Waals surface area contributed by atoms with Gasteiger partial charge in [0.25, 0.3) is 0 Å². The zero-order chi connectivity index (χ0) is 13.7. The maximum atomic E-state index is 12.3. The predicted molar refractivity (Wildman–Crippen MR) is 63.8 cm³/mol. The van der Waals surface area contributed by atoms with E-state index in [1.54, 1.807) is 12.5 Å². The number of ether oxygens (including phenoxy) is 1. The molecule has 0 radical (unpaired) electrons. The Labute approximate surface area is 108 Å². The van der Waals surface area contributed by atoms with Gasteiger partial charge in [0, 0.05) is 11.9 Å². The molecule has 19 heavy (non-hydrogen) atoms. The summed E-state index contributed by atoms with van der Waals surface area (Å²) in [6.07, 6.45) is 0.590. The van der Waals surface area contributed by atoms with Crippen LogP contribution >= 0.6 is 0 Å². The fraction of sp³-hybridized carbons (Fsp3) is 0.308. The number of nitrogens with one attached hydrogen (secondary N) is 1. The number of aromatic nitrogens is 2. The molecule has 0 aliphatic carbocycles. The molecule has 2 rings (SSSR count). The van der Waals surface area contributed by atoms with Crippen LogP contribution in [0.5, 0.6) is 5.75 Å². The van der Waals surface area contributed by atoms with Crippen LogP contribution in [-0.4, -0.2) is 16.6 Å². The van der Waals surface area contributed by atoms with Crippen LogP contribution in [-0.2, 0) is 12.6 Å². The van der Waals surface area contributed by atoms with Gasteiger partial charge in [-0.3, -0.25) is 0 Å². The number of alkyl halides is 3. The van der Waals surface area contributed by atoms with Crippen molar-refractivity contribution in [3.8, 4) is 5.75 Å². The number of rotatable bonds is 5. The molecule has 0 fully saturated rings. The normalized spacial score (nSPS) is 11.5. The zero-order valence-corrected chi connectivity index (χ0v) is 10.1. The Kier molecular flexibility index (Phi) is 4.09. The molecule has 102 valence electrons. The molecule has 1 heterocycles. The minimum atomic E-state index is -4.31. The number of halogens is 3. The summed E-state index contributed by atoms with van der Waals surface area (Å²) >= 11 is 0. The topological polar surface area (TPSA) is 37.9 Å². The molecular weight excluding hydrogens is 257 g/mol. The van der Waals surface area contributed by atoms with Gasteiger partial charge in [0.1, 0.15) is 5.75 Å². The van der Waals surface area contributed by atoms with Crippen LogP contribution in [0.2, 0.25) is 0 Å². The fourth-order valence-electron chi connectivity index (χ4n) is 1.61. The molecule has 0 spiro atoms. The maximum absolute atomic E-state index is 12.3. The second-order valence-corrected chi connectivity index (χ2v) is 4.05. The van der Waals surface area contributed by atoms with Crippen molar-refractivity contribution in [1.82, 2.24) is 9.97 Å². The van der Waals surface area contributed by atoms with Crippen molar-refractivity contribution >= 4 is 0 Å². The molecule has 0 unspecified atom stereocenters. The largest absolute Gasteiger partial charge is 0.494 e. The Bertz CT molecular complexity index is 492. The van der Waals surface area contributed by atoms with Crippen LogP contribution in [0.25, 0.3) is 0 Å². The van der Waals surface area contributed by atoms with Crippen molar-refractivity contribution in [3.63, 3.8) is 0 Å². The first-order chi connectivity index (χ1) is 9.05. The van der Waals surface area contributed by atoms with E-state index in [0.717, 1.165) is 30.7 Å². The smallest absolute Gasteiger partial charge is 0.416 e. The highest BCUT2D eigenvalue weighted by Crippen LogP contribution is 2.30. The van der Waals surface area contributed by atoms with E-state index >= 15 is 0 Å². The highest BCUT2D eigenvalue weighted by Gasteiger charge is 2.29. The van der Waals surface area contributed by atoms with Gasteiger partial charge in [-0.2, -0.15) is 13.2 Å². The van der Waals surface area contributed by atoms with Crippen LogP contribution in [0.3, 0.4) is 0 Å². The molecule has 1 aromatic carbocycles. The van der Waals surface area contributed by atoms with Crippen LogP contribution < -0.4 is 4.74 Å². The van der Waals surface area contributed by atoms with Gasteiger partial charge in [-0.05, 0) is 37.1 Å². The Morgan fingerprint density at radius 3 is 2.47 bits per heavy atom. The molecule has 2 aromatic rings. The third kappa shape index (κ3) is 4.01. The molecule has 0 aliphatic heterocycles. The van der Waals surface area contributed by atoms with Crippen molar-refractivity contribution in [2.24, 2.45) is 0 Å². The Morgan fingerprint density at radius 2 is 1.89 bits per heavy atom. The number of imidazole rings is 1. The van der Waals surface area contributed by atoms with Gasteiger partial charge >= 0.3 is 6.18 Å². The predicted octanol–water partition coefficient (Wildman–Crippen LogP) is 3.44. The molecular formula is C13H13F3N2O. The van der Waals surface area contributed by atoms with E-state index in [4.69, 9.17) is 4.74 Å². The lowest BCUT2D eigenvalue weighted by Crippen LogP contribution is -2.05. The number of hydrogen-bond donors (Lipinski definition) is 1. The summed E-state index contributed by atoms with van der Waals surface area (Å²) in [5.41, 5.74) is 0.341. The van der Waals surface area contributed by atoms with Gasteiger partial charge in [0.15, 0.2) is 0 Å². The maximum Gasteiger partial charge on any atom is 0.416 e. The second kappa shape index (κ2) is 5.77. The molecule has 0 atom stereocenters. The molecule has 0 amide bonds. The van der Waals surface area contributed by atoms with Gasteiger partial charge in [-0.25, -0.2) is 4.98 Å². The number of hydrogen-bond acceptors (Lipinski definition) is 2. The minimum Gasteiger partial charge on any atom is -0.494 e. The Morgan fingerprint density at radius 1 is 1.16 bits per heavy atom. The standard InChI is InChI=1S/C13H13F3N2O/c14-13(15,16)10-3-5-12(6-4-10)19-7-1-2-11-8-17-9-18-11/h3-6,8-9H,1-2,7H2,(H,17,18). The molecule has 0 bridgehead atoms. The van der Waals surface area contributed by atoms with Gasteiger partial charge in [0.05, 0.1) is 18.5 Å². The van der Waals surface area contributed by atoms with Gasteiger partial charge < -0.3 is 9.72 Å². The second-order valence-electron chi connectivity index (χ2n) is 4.05. The first kappa shape index (κ1) is 13.5. The van der Waals surface area contributed by atoms with Crippen LogP contribution in [0.15, 0.2) is 36.8 Å². The SMILES string of the molecule is FC(F)(F)c1ccc(OCCCc2cnc[nH]2)cc1. The van der Waals surface area contributed by atoms with Gasteiger partial charge in [-0.15, -0.1) is 0 Å². The molecule has 1 aromatic heterocycles. The van der Waals surface area contributed by atoms with E-state index in [1.165, 1.54) is 12.1 Å². The summed E-state index contributed by atoms with van der Waals surface area (Å²) in [7, 11) is 0. The van der Waals surface area contributed by atoms with Gasteiger partial charge in [0.2, 0.25) is 0 Å². The first-order valence-corrected chi connectivity index (χ1v) is 5.83. The quantitative estimate of drug-likeness (QED) is 0.845. The first-order valence-electron chi connectivity index (χ1n) is 5.83. The summed E-state index contributed by atoms with van der Waals surface area (Å²) in [4.78, 5) is 6.86. The van der Waals surface area contributed by atoms with E-state index in [9.17, 15) is 13.2 Å². The summed E-state index contributed by atoms with van der Waals surface area (Å²) in [6.45, 7) is 0.449. The van der Waals surface area contributed by atoms with E-state index in [2.05, 4.69) is 9.97 Å². The molecule has 0 aliphatic rings. The molecule has 0 saturated carbocycles. The van der Waals surface area contributed by atoms with Crippen molar-refractivity contribution in [2.75, 3.05) is 6.61 Å². The third-order valence-corrected chi connectivity index (χ3v) is 2.60. The van der Waals surface area contributed by atoms with Crippen molar-refractivity contribution in [3.05, 3.63) is 48.0 Å².